The molecule has 3 aromatic rings. The van der Waals surface area contributed by atoms with E-state index in [2.05, 4.69) is 18.5 Å². The number of para-hydroxylation sites is 1. The first kappa shape index (κ1) is 38.0. The number of rotatable bonds is 16. The summed E-state index contributed by atoms with van der Waals surface area (Å²) in [4.78, 5) is 60.1. The van der Waals surface area contributed by atoms with Crippen molar-refractivity contribution >= 4 is 41.0 Å². The van der Waals surface area contributed by atoms with E-state index in [-0.39, 0.29) is 26.0 Å². The molecule has 3 aromatic carbocycles. The number of ether oxygens (including phenoxy) is 2. The number of likely N-dealkylation sites (tertiary alicyclic amines) is 1. The first-order valence-electron chi connectivity index (χ1n) is 18.1. The molecule has 11 heteroatoms. The summed E-state index contributed by atoms with van der Waals surface area (Å²) < 4.78 is 12.3. The third kappa shape index (κ3) is 7.40. The maximum Gasteiger partial charge on any atom is 0.306 e. The lowest BCUT2D eigenvalue weighted by atomic mass is 9.70. The second-order valence-electron chi connectivity index (χ2n) is 14.0. The molecular formula is C42H46ClN3O7. The van der Waals surface area contributed by atoms with Gasteiger partial charge in [-0.25, -0.2) is 0 Å². The average Bonchev–Trinajstić information content (AvgIpc) is 3.82. The highest BCUT2D eigenvalue weighted by atomic mass is 35.5. The number of halogens is 1. The number of allylic oxidation sites excluding steroid dienone is 1. The Balaban J connectivity index is 1.38. The molecule has 2 N–H and O–H groups in total. The molecular weight excluding hydrogens is 694 g/mol. The summed E-state index contributed by atoms with van der Waals surface area (Å²) in [6.07, 6.45) is 4.30. The molecule has 0 radical (unpaired) electrons. The zero-order chi connectivity index (χ0) is 37.7. The van der Waals surface area contributed by atoms with E-state index < -0.39 is 72.0 Å². The van der Waals surface area contributed by atoms with Gasteiger partial charge in [0, 0.05) is 13.0 Å². The third-order valence-corrected chi connectivity index (χ3v) is 11.0. The fourth-order valence-corrected chi connectivity index (χ4v) is 8.70. The zero-order valence-corrected chi connectivity index (χ0v) is 30.6. The molecule has 3 aliphatic heterocycles. The van der Waals surface area contributed by atoms with E-state index in [1.165, 1.54) is 9.80 Å². The number of amides is 3. The van der Waals surface area contributed by atoms with Gasteiger partial charge >= 0.3 is 5.97 Å². The summed E-state index contributed by atoms with van der Waals surface area (Å²) in [6.45, 7) is 8.97. The lowest BCUT2D eigenvalue weighted by Gasteiger charge is -2.39. The Morgan fingerprint density at radius 2 is 1.79 bits per heavy atom. The van der Waals surface area contributed by atoms with Crippen molar-refractivity contribution < 1.29 is 33.8 Å². The Hall–Kier alpha value is -4.77. The molecule has 1 spiro atoms. The molecule has 0 aliphatic carbocycles. The van der Waals surface area contributed by atoms with Crippen LogP contribution in [0.2, 0.25) is 5.02 Å². The standard InChI is InChI=1S/C42H46ClN3O7/c1-4-6-20-34(48)52-26-32(29-17-11-8-12-18-29)44-39(49)35-33-21-22-42(53-33)36(35)40(50)46(30(25-47)24-28-15-9-7-10-16-28)38(42)41(51)45(23-5-2)37-27(3)14-13-19-31(37)43/h4-5,7-19,30,32-33,35-36,38,47H,1-2,6,20-26H2,3H3,(H,44,49)/t30-,32+,33-,35+,36+,38-,42+/m1/s1. The van der Waals surface area contributed by atoms with Gasteiger partial charge in [0.25, 0.3) is 5.91 Å². The molecule has 2 bridgehead atoms. The van der Waals surface area contributed by atoms with Crippen molar-refractivity contribution in [3.8, 4) is 0 Å². The second-order valence-corrected chi connectivity index (χ2v) is 14.4. The Bertz CT molecular complexity index is 1820. The molecule has 7 atom stereocenters. The van der Waals surface area contributed by atoms with Crippen LogP contribution in [0.1, 0.15) is 48.4 Å². The number of carbonyl (C=O) groups excluding carboxylic acids is 4. The van der Waals surface area contributed by atoms with Gasteiger partial charge in [-0.1, -0.05) is 96.5 Å². The van der Waals surface area contributed by atoms with Gasteiger partial charge in [-0.3, -0.25) is 19.2 Å². The maximum absolute atomic E-state index is 15.2. The van der Waals surface area contributed by atoms with Crippen LogP contribution in [0.5, 0.6) is 0 Å². The van der Waals surface area contributed by atoms with E-state index in [1.807, 2.05) is 73.7 Å². The molecule has 3 amide bonds. The van der Waals surface area contributed by atoms with Crippen LogP contribution in [0.15, 0.2) is 104 Å². The van der Waals surface area contributed by atoms with E-state index in [9.17, 15) is 19.5 Å². The van der Waals surface area contributed by atoms with E-state index >= 15 is 4.79 Å². The smallest absolute Gasteiger partial charge is 0.306 e. The Morgan fingerprint density at radius 1 is 1.08 bits per heavy atom. The summed E-state index contributed by atoms with van der Waals surface area (Å²) in [6, 6.07) is 21.3. The van der Waals surface area contributed by atoms with Crippen molar-refractivity contribution in [1.29, 1.82) is 0 Å². The largest absolute Gasteiger partial charge is 0.463 e. The van der Waals surface area contributed by atoms with E-state index in [4.69, 9.17) is 21.1 Å². The van der Waals surface area contributed by atoms with Crippen LogP contribution in [0.3, 0.4) is 0 Å². The van der Waals surface area contributed by atoms with Crippen molar-refractivity contribution in [2.24, 2.45) is 11.8 Å². The number of aryl methyl sites for hydroxylation is 1. The number of aliphatic hydroxyl groups excluding tert-OH is 1. The van der Waals surface area contributed by atoms with Gasteiger partial charge in [-0.05, 0) is 55.4 Å². The normalized spacial score (nSPS) is 23.9. The molecule has 3 saturated heterocycles. The molecule has 6 rings (SSSR count). The average molecular weight is 740 g/mol. The van der Waals surface area contributed by atoms with Crippen molar-refractivity contribution in [2.45, 2.75) is 68.9 Å². The molecule has 3 fully saturated rings. The summed E-state index contributed by atoms with van der Waals surface area (Å²) >= 11 is 6.73. The minimum atomic E-state index is -1.35. The summed E-state index contributed by atoms with van der Waals surface area (Å²) in [5.74, 6) is -3.67. The van der Waals surface area contributed by atoms with Crippen molar-refractivity contribution in [2.75, 3.05) is 24.7 Å². The summed E-state index contributed by atoms with van der Waals surface area (Å²) in [7, 11) is 0. The van der Waals surface area contributed by atoms with Crippen molar-refractivity contribution in [1.82, 2.24) is 10.2 Å². The number of nitrogens with one attached hydrogen (secondary N) is 1. The Morgan fingerprint density at radius 3 is 2.45 bits per heavy atom. The first-order valence-corrected chi connectivity index (χ1v) is 18.5. The lowest BCUT2D eigenvalue weighted by molar-refractivity contribution is -0.146. The number of fused-ring (bicyclic) bond motifs is 1. The first-order chi connectivity index (χ1) is 25.6. The number of hydrogen-bond acceptors (Lipinski definition) is 7. The Labute approximate surface area is 315 Å². The number of aliphatic hydroxyl groups is 1. The van der Waals surface area contributed by atoms with E-state index in [0.29, 0.717) is 30.0 Å². The van der Waals surface area contributed by atoms with Crippen molar-refractivity contribution in [3.05, 3.63) is 126 Å². The molecule has 3 heterocycles. The lowest BCUT2D eigenvalue weighted by Crippen LogP contribution is -2.59. The number of anilines is 1. The fraction of sp³-hybridized carbons (Fsp3) is 0.381. The summed E-state index contributed by atoms with van der Waals surface area (Å²) in [5.41, 5.74) is 1.50. The van der Waals surface area contributed by atoms with Crippen LogP contribution in [-0.2, 0) is 35.1 Å². The van der Waals surface area contributed by atoms with Gasteiger partial charge in [-0.15, -0.1) is 13.2 Å². The van der Waals surface area contributed by atoms with E-state index in [0.717, 1.165) is 16.7 Å². The molecule has 278 valence electrons. The third-order valence-electron chi connectivity index (χ3n) is 10.7. The predicted octanol–water partition coefficient (Wildman–Crippen LogP) is 5.51. The predicted molar refractivity (Wildman–Crippen MR) is 202 cm³/mol. The van der Waals surface area contributed by atoms with Gasteiger partial charge in [-0.2, -0.15) is 0 Å². The quantitative estimate of drug-likeness (QED) is 0.147. The monoisotopic (exact) mass is 739 g/mol. The van der Waals surface area contributed by atoms with Crippen LogP contribution in [-0.4, -0.2) is 77.2 Å². The number of hydrogen-bond donors (Lipinski definition) is 2. The van der Waals surface area contributed by atoms with Gasteiger partial charge in [0.1, 0.15) is 18.2 Å². The highest BCUT2D eigenvalue weighted by Gasteiger charge is 2.75. The van der Waals surface area contributed by atoms with Crippen LogP contribution in [0.25, 0.3) is 0 Å². The number of nitrogens with zero attached hydrogens (tertiary/aromatic N) is 2. The fourth-order valence-electron chi connectivity index (χ4n) is 8.38. The SMILES string of the molecule is C=CCCC(=O)OC[C@H](NC(=O)[C@@H]1[C@H]2C(=O)N([C@@H](CO)Cc3ccccc3)[C@H](C(=O)N(CC=C)c3c(C)cccc3Cl)[C@]23CC[C@H]1O3)c1ccccc1. The highest BCUT2D eigenvalue weighted by molar-refractivity contribution is 6.34. The molecule has 10 nitrogen and oxygen atoms in total. The van der Waals surface area contributed by atoms with E-state index in [1.54, 1.807) is 24.3 Å². The Kier molecular flexibility index (Phi) is 11.8. The van der Waals surface area contributed by atoms with Crippen LogP contribution >= 0.6 is 11.6 Å². The van der Waals surface area contributed by atoms with Crippen LogP contribution in [0, 0.1) is 18.8 Å². The number of esters is 1. The molecule has 0 saturated carbocycles. The minimum absolute atomic E-state index is 0.1000. The van der Waals surface area contributed by atoms with Crippen LogP contribution in [0.4, 0.5) is 5.69 Å². The minimum Gasteiger partial charge on any atom is -0.463 e. The van der Waals surface area contributed by atoms with Gasteiger partial charge in [0.05, 0.1) is 47.3 Å². The van der Waals surface area contributed by atoms with Gasteiger partial charge < -0.3 is 29.7 Å². The van der Waals surface area contributed by atoms with Crippen LogP contribution < -0.4 is 10.2 Å². The molecule has 53 heavy (non-hydrogen) atoms. The number of benzene rings is 3. The molecule has 0 aromatic heterocycles. The van der Waals surface area contributed by atoms with Gasteiger partial charge in [0.15, 0.2) is 0 Å². The van der Waals surface area contributed by atoms with Gasteiger partial charge in [0.2, 0.25) is 11.8 Å². The topological polar surface area (TPSA) is 125 Å². The van der Waals surface area contributed by atoms with Crippen molar-refractivity contribution in [3.63, 3.8) is 0 Å². The maximum atomic E-state index is 15.2. The molecule has 3 aliphatic rings. The summed E-state index contributed by atoms with van der Waals surface area (Å²) in [5, 5.41) is 14.3. The molecule has 0 unspecified atom stereocenters. The highest BCUT2D eigenvalue weighted by Crippen LogP contribution is 2.59. The second kappa shape index (κ2) is 16.5. The zero-order valence-electron chi connectivity index (χ0n) is 29.9. The number of carbonyl (C=O) groups is 4.